The van der Waals surface area contributed by atoms with Crippen molar-refractivity contribution in [2.45, 2.75) is 19.3 Å². The number of benzene rings is 6. The second kappa shape index (κ2) is 9.72. The van der Waals surface area contributed by atoms with Crippen molar-refractivity contribution in [1.29, 1.82) is 5.26 Å². The van der Waals surface area contributed by atoms with Crippen molar-refractivity contribution in [3.8, 4) is 45.4 Å². The highest BCUT2D eigenvalue weighted by Crippen LogP contribution is 2.49. The van der Waals surface area contributed by atoms with Crippen molar-refractivity contribution < 1.29 is 0 Å². The summed E-state index contributed by atoms with van der Waals surface area (Å²) >= 11 is 0. The highest BCUT2D eigenvalue weighted by molar-refractivity contribution is 6.10. The number of nitriles is 1. The molecule has 1 aliphatic rings. The summed E-state index contributed by atoms with van der Waals surface area (Å²) in [5.41, 5.74) is 12.9. The standard InChI is InChI=1S/C42H28N4/c1-42(2)35-14-8-6-12-30(35)31-19-16-28(23-36(31)42)27-18-21-40-34(22-27)32-13-7-9-15-39(32)46(40)41-44-37-24-29(26-10-4-3-5-11-26)17-20-33(37)38(25-43)45-41/h3-24H,1-2H3. The average Bonchev–Trinajstić information content (AvgIpc) is 3.56. The van der Waals surface area contributed by atoms with Gasteiger partial charge in [0.15, 0.2) is 5.69 Å². The monoisotopic (exact) mass is 588 g/mol. The van der Waals surface area contributed by atoms with E-state index in [1.54, 1.807) is 0 Å². The first-order chi connectivity index (χ1) is 22.5. The number of fused-ring (bicyclic) bond motifs is 7. The van der Waals surface area contributed by atoms with Gasteiger partial charge in [0.05, 0.1) is 16.6 Å². The Kier molecular flexibility index (Phi) is 5.57. The van der Waals surface area contributed by atoms with Gasteiger partial charge in [0.2, 0.25) is 5.95 Å². The second-order valence-corrected chi connectivity index (χ2v) is 12.6. The Balaban J connectivity index is 1.22. The van der Waals surface area contributed by atoms with E-state index < -0.39 is 0 Å². The Labute approximate surface area is 266 Å². The van der Waals surface area contributed by atoms with E-state index in [0.29, 0.717) is 11.6 Å². The molecule has 2 aromatic heterocycles. The molecule has 9 rings (SSSR count). The van der Waals surface area contributed by atoms with Crippen LogP contribution in [0, 0.1) is 11.3 Å². The zero-order chi connectivity index (χ0) is 31.0. The molecule has 0 amide bonds. The quantitative estimate of drug-likeness (QED) is 0.206. The van der Waals surface area contributed by atoms with E-state index in [4.69, 9.17) is 9.97 Å². The number of aromatic nitrogens is 3. The van der Waals surface area contributed by atoms with Crippen LogP contribution in [0.2, 0.25) is 0 Å². The molecule has 0 bridgehead atoms. The van der Waals surface area contributed by atoms with Crippen LogP contribution >= 0.6 is 0 Å². The molecule has 8 aromatic rings. The van der Waals surface area contributed by atoms with Gasteiger partial charge >= 0.3 is 0 Å². The molecule has 46 heavy (non-hydrogen) atoms. The van der Waals surface area contributed by atoms with Crippen LogP contribution in [0.5, 0.6) is 0 Å². The third-order valence-corrected chi connectivity index (χ3v) is 9.69. The van der Waals surface area contributed by atoms with Crippen molar-refractivity contribution in [2.24, 2.45) is 0 Å². The molecular weight excluding hydrogens is 560 g/mol. The minimum atomic E-state index is -0.0612. The highest BCUT2D eigenvalue weighted by atomic mass is 15.2. The summed E-state index contributed by atoms with van der Waals surface area (Å²) in [7, 11) is 0. The molecule has 2 heterocycles. The van der Waals surface area contributed by atoms with E-state index in [2.05, 4.69) is 122 Å². The predicted molar refractivity (Wildman–Crippen MR) is 187 cm³/mol. The Bertz CT molecular complexity index is 2570. The van der Waals surface area contributed by atoms with Crippen LogP contribution in [0.4, 0.5) is 0 Å². The summed E-state index contributed by atoms with van der Waals surface area (Å²) in [5.74, 6) is 0.491. The summed E-state index contributed by atoms with van der Waals surface area (Å²) < 4.78 is 2.09. The third kappa shape index (κ3) is 3.79. The summed E-state index contributed by atoms with van der Waals surface area (Å²) in [4.78, 5) is 9.88. The molecule has 216 valence electrons. The number of para-hydroxylation sites is 1. The molecular formula is C42H28N4. The fraction of sp³-hybridized carbons (Fsp3) is 0.0714. The van der Waals surface area contributed by atoms with Crippen LogP contribution in [0.3, 0.4) is 0 Å². The Morgan fingerprint density at radius 1 is 0.543 bits per heavy atom. The first-order valence-corrected chi connectivity index (χ1v) is 15.6. The zero-order valence-corrected chi connectivity index (χ0v) is 25.5. The number of rotatable bonds is 3. The first-order valence-electron chi connectivity index (χ1n) is 15.6. The van der Waals surface area contributed by atoms with Gasteiger partial charge in [0, 0.05) is 21.6 Å². The maximum absolute atomic E-state index is 10.1. The lowest BCUT2D eigenvalue weighted by Crippen LogP contribution is -2.14. The Morgan fingerprint density at radius 3 is 2.09 bits per heavy atom. The van der Waals surface area contributed by atoms with E-state index in [9.17, 15) is 5.26 Å². The fourth-order valence-corrected chi connectivity index (χ4v) is 7.36. The van der Waals surface area contributed by atoms with Crippen LogP contribution in [-0.4, -0.2) is 14.5 Å². The molecule has 0 saturated carbocycles. The number of hydrogen-bond acceptors (Lipinski definition) is 3. The summed E-state index contributed by atoms with van der Waals surface area (Å²) in [6.45, 7) is 4.64. The average molecular weight is 589 g/mol. The predicted octanol–water partition coefficient (Wildman–Crippen LogP) is 10.2. The van der Waals surface area contributed by atoms with Crippen molar-refractivity contribution in [3.63, 3.8) is 0 Å². The maximum Gasteiger partial charge on any atom is 0.236 e. The van der Waals surface area contributed by atoms with E-state index in [1.165, 1.54) is 27.8 Å². The van der Waals surface area contributed by atoms with Crippen LogP contribution in [0.15, 0.2) is 133 Å². The van der Waals surface area contributed by atoms with Gasteiger partial charge in [0.25, 0.3) is 0 Å². The topological polar surface area (TPSA) is 54.5 Å². The van der Waals surface area contributed by atoms with E-state index >= 15 is 0 Å². The largest absolute Gasteiger partial charge is 0.278 e. The smallest absolute Gasteiger partial charge is 0.236 e. The molecule has 0 atom stereocenters. The summed E-state index contributed by atoms with van der Waals surface area (Å²) in [5, 5.41) is 13.1. The van der Waals surface area contributed by atoms with E-state index in [0.717, 1.165) is 49.4 Å². The lowest BCUT2D eigenvalue weighted by atomic mass is 9.81. The second-order valence-electron chi connectivity index (χ2n) is 12.6. The summed E-state index contributed by atoms with van der Waals surface area (Å²) in [6, 6.07) is 49.2. The number of hydrogen-bond donors (Lipinski definition) is 0. The lowest BCUT2D eigenvalue weighted by molar-refractivity contribution is 0.660. The van der Waals surface area contributed by atoms with Crippen molar-refractivity contribution >= 4 is 32.7 Å². The SMILES string of the molecule is CC1(C)c2ccccc2-c2ccc(-c3ccc4c(c3)c3ccccc3n4-c3nc(C#N)c4ccc(-c5ccccc5)cc4n3)cc21. The molecule has 1 aliphatic carbocycles. The van der Waals surface area contributed by atoms with E-state index in [-0.39, 0.29) is 5.41 Å². The lowest BCUT2D eigenvalue weighted by Gasteiger charge is -2.22. The van der Waals surface area contributed by atoms with Crippen LogP contribution < -0.4 is 0 Å². The van der Waals surface area contributed by atoms with Crippen molar-refractivity contribution in [3.05, 3.63) is 150 Å². The Hall–Kier alpha value is -6.05. The molecule has 0 N–H and O–H groups in total. The number of nitrogens with zero attached hydrogens (tertiary/aromatic N) is 4. The minimum absolute atomic E-state index is 0.0612. The molecule has 0 fully saturated rings. The molecule has 4 nitrogen and oxygen atoms in total. The minimum Gasteiger partial charge on any atom is -0.278 e. The summed E-state index contributed by atoms with van der Waals surface area (Å²) in [6.07, 6.45) is 0. The zero-order valence-electron chi connectivity index (χ0n) is 25.5. The van der Waals surface area contributed by atoms with Gasteiger partial charge in [-0.15, -0.1) is 0 Å². The van der Waals surface area contributed by atoms with Gasteiger partial charge in [-0.1, -0.05) is 111 Å². The van der Waals surface area contributed by atoms with Gasteiger partial charge in [-0.25, -0.2) is 9.97 Å². The van der Waals surface area contributed by atoms with Crippen molar-refractivity contribution in [1.82, 2.24) is 14.5 Å². The van der Waals surface area contributed by atoms with Crippen molar-refractivity contribution in [2.75, 3.05) is 0 Å². The van der Waals surface area contributed by atoms with Crippen LogP contribution in [0.1, 0.15) is 30.7 Å². The first kappa shape index (κ1) is 26.4. The molecule has 6 aromatic carbocycles. The Morgan fingerprint density at radius 2 is 1.22 bits per heavy atom. The molecule has 0 spiro atoms. The van der Waals surface area contributed by atoms with Gasteiger partial charge in [-0.3, -0.25) is 4.57 Å². The molecule has 0 saturated heterocycles. The van der Waals surface area contributed by atoms with Crippen LogP contribution in [0.25, 0.3) is 72.0 Å². The maximum atomic E-state index is 10.1. The van der Waals surface area contributed by atoms with Gasteiger partial charge in [0.1, 0.15) is 6.07 Å². The highest BCUT2D eigenvalue weighted by Gasteiger charge is 2.35. The fourth-order valence-electron chi connectivity index (χ4n) is 7.36. The van der Waals surface area contributed by atoms with Gasteiger partial charge in [-0.05, 0) is 80.9 Å². The molecule has 4 heteroatoms. The molecule has 0 unspecified atom stereocenters. The van der Waals surface area contributed by atoms with Gasteiger partial charge in [-0.2, -0.15) is 5.26 Å². The molecule has 0 radical (unpaired) electrons. The molecule has 0 aliphatic heterocycles. The normalized spacial score (nSPS) is 13.2. The third-order valence-electron chi connectivity index (χ3n) is 9.69. The van der Waals surface area contributed by atoms with E-state index in [1.807, 2.05) is 36.4 Å². The van der Waals surface area contributed by atoms with Gasteiger partial charge < -0.3 is 0 Å². The van der Waals surface area contributed by atoms with Crippen LogP contribution in [-0.2, 0) is 5.41 Å².